The zero-order valence-corrected chi connectivity index (χ0v) is 17.9. The summed E-state index contributed by atoms with van der Waals surface area (Å²) in [4.78, 5) is 18.0. The van der Waals surface area contributed by atoms with Crippen LogP contribution in [-0.4, -0.2) is 63.2 Å². The number of likely N-dealkylation sites (N-methyl/N-ethyl adjacent to an activating group) is 1. The molecular formula is C20H24N4O3S2. The standard InChI is InChI=1S/C20H24N4O3S2/c1-23(20-15-7-2-3-9-18(15)29(26,27)22-20)14-19(25)21-13-16(17-8-6-12-28-17)24-10-4-5-11-24/h2-3,6-9,12,16H,4-5,10-11,13-14H2,1H3,(H,21,25). The number of nitrogens with zero attached hydrogens (tertiary/aromatic N) is 3. The third-order valence-electron chi connectivity index (χ3n) is 5.30. The van der Waals surface area contributed by atoms with E-state index < -0.39 is 10.0 Å². The van der Waals surface area contributed by atoms with Gasteiger partial charge in [-0.2, -0.15) is 8.42 Å². The fraction of sp³-hybridized carbons (Fsp3) is 0.400. The number of hydrogen-bond acceptors (Lipinski definition) is 6. The fourth-order valence-corrected chi connectivity index (χ4v) is 5.98. The van der Waals surface area contributed by atoms with Crippen LogP contribution in [0.2, 0.25) is 0 Å². The monoisotopic (exact) mass is 432 g/mol. The van der Waals surface area contributed by atoms with Crippen molar-refractivity contribution in [2.75, 3.05) is 33.2 Å². The molecule has 1 amide bonds. The third-order valence-corrected chi connectivity index (χ3v) is 7.60. The van der Waals surface area contributed by atoms with Crippen LogP contribution >= 0.6 is 11.3 Å². The van der Waals surface area contributed by atoms with Crippen LogP contribution in [0.4, 0.5) is 0 Å². The molecule has 1 atom stereocenters. The molecule has 9 heteroatoms. The molecule has 2 aromatic rings. The van der Waals surface area contributed by atoms with Crippen molar-refractivity contribution in [3.05, 3.63) is 52.2 Å². The first kappa shape index (κ1) is 20.1. The normalized spacial score (nSPS) is 18.9. The van der Waals surface area contributed by atoms with Crippen molar-refractivity contribution in [2.24, 2.45) is 4.40 Å². The van der Waals surface area contributed by atoms with E-state index in [2.05, 4.69) is 26.1 Å². The van der Waals surface area contributed by atoms with Crippen molar-refractivity contribution in [2.45, 2.75) is 23.8 Å². The molecule has 7 nitrogen and oxygen atoms in total. The van der Waals surface area contributed by atoms with Gasteiger partial charge in [0.2, 0.25) is 5.91 Å². The van der Waals surface area contributed by atoms with E-state index in [1.807, 2.05) is 6.07 Å². The highest BCUT2D eigenvalue weighted by atomic mass is 32.2. The lowest BCUT2D eigenvalue weighted by Gasteiger charge is -2.27. The van der Waals surface area contributed by atoms with Crippen molar-refractivity contribution in [1.29, 1.82) is 0 Å². The van der Waals surface area contributed by atoms with Crippen LogP contribution in [-0.2, 0) is 14.8 Å². The second-order valence-corrected chi connectivity index (χ2v) is 9.87. The minimum absolute atomic E-state index is 0.0415. The molecule has 29 heavy (non-hydrogen) atoms. The Morgan fingerprint density at radius 2 is 2.00 bits per heavy atom. The van der Waals surface area contributed by atoms with Crippen molar-refractivity contribution >= 4 is 33.1 Å². The lowest BCUT2D eigenvalue weighted by Crippen LogP contribution is -2.42. The number of fused-ring (bicyclic) bond motifs is 1. The van der Waals surface area contributed by atoms with Crippen LogP contribution in [0.3, 0.4) is 0 Å². The number of carbonyl (C=O) groups excluding carboxylic acids is 1. The van der Waals surface area contributed by atoms with Gasteiger partial charge in [0.05, 0.1) is 12.6 Å². The number of amidine groups is 1. The van der Waals surface area contributed by atoms with Gasteiger partial charge in [-0.1, -0.05) is 18.2 Å². The highest BCUT2D eigenvalue weighted by Gasteiger charge is 2.31. The molecule has 3 heterocycles. The average Bonchev–Trinajstić information content (AvgIpc) is 3.44. The van der Waals surface area contributed by atoms with Gasteiger partial charge >= 0.3 is 0 Å². The maximum atomic E-state index is 12.6. The fourth-order valence-electron chi connectivity index (χ4n) is 3.86. The topological polar surface area (TPSA) is 82.1 Å². The predicted octanol–water partition coefficient (Wildman–Crippen LogP) is 2.08. The van der Waals surface area contributed by atoms with E-state index in [9.17, 15) is 13.2 Å². The highest BCUT2D eigenvalue weighted by molar-refractivity contribution is 7.90. The Kier molecular flexibility index (Phi) is 5.71. The molecule has 1 fully saturated rings. The van der Waals surface area contributed by atoms with Crippen molar-refractivity contribution in [3.8, 4) is 0 Å². The van der Waals surface area contributed by atoms with Gasteiger partial charge in [0.1, 0.15) is 4.90 Å². The molecule has 0 spiro atoms. The molecule has 0 aliphatic carbocycles. The van der Waals surface area contributed by atoms with Crippen LogP contribution in [0, 0.1) is 0 Å². The molecule has 154 valence electrons. The van der Waals surface area contributed by atoms with E-state index in [1.165, 1.54) is 23.8 Å². The first-order valence-electron chi connectivity index (χ1n) is 9.65. The number of benzene rings is 1. The third kappa shape index (κ3) is 4.22. The van der Waals surface area contributed by atoms with E-state index in [4.69, 9.17) is 0 Å². The minimum atomic E-state index is -3.69. The van der Waals surface area contributed by atoms with Gasteiger partial charge in [-0.3, -0.25) is 9.69 Å². The summed E-state index contributed by atoms with van der Waals surface area (Å²) in [6.45, 7) is 2.67. The maximum absolute atomic E-state index is 12.6. The van der Waals surface area contributed by atoms with Gasteiger partial charge in [-0.25, -0.2) is 0 Å². The molecule has 1 unspecified atom stereocenters. The first-order valence-corrected chi connectivity index (χ1v) is 12.0. The summed E-state index contributed by atoms with van der Waals surface area (Å²) < 4.78 is 28.3. The smallest absolute Gasteiger partial charge is 0.285 e. The zero-order valence-electron chi connectivity index (χ0n) is 16.2. The molecule has 0 radical (unpaired) electrons. The molecule has 2 aliphatic rings. The van der Waals surface area contributed by atoms with Gasteiger partial charge in [0.15, 0.2) is 5.84 Å². The number of carbonyl (C=O) groups is 1. The lowest BCUT2D eigenvalue weighted by atomic mass is 10.2. The van der Waals surface area contributed by atoms with Gasteiger partial charge < -0.3 is 10.2 Å². The Bertz CT molecular complexity index is 1010. The minimum Gasteiger partial charge on any atom is -0.353 e. The molecule has 2 aliphatic heterocycles. The number of hydrogen-bond donors (Lipinski definition) is 1. The van der Waals surface area contributed by atoms with Gasteiger partial charge in [-0.15, -0.1) is 15.7 Å². The van der Waals surface area contributed by atoms with Crippen LogP contribution in [0.5, 0.6) is 0 Å². The van der Waals surface area contributed by atoms with E-state index >= 15 is 0 Å². The number of likely N-dealkylation sites (tertiary alicyclic amines) is 1. The van der Waals surface area contributed by atoms with Gasteiger partial charge in [-0.05, 0) is 49.5 Å². The Balaban J connectivity index is 1.41. The number of nitrogens with one attached hydrogen (secondary N) is 1. The van der Waals surface area contributed by atoms with Crippen LogP contribution in [0.15, 0.2) is 51.1 Å². The molecule has 0 bridgehead atoms. The van der Waals surface area contributed by atoms with E-state index in [-0.39, 0.29) is 23.4 Å². The molecule has 1 saturated heterocycles. The second-order valence-electron chi connectivity index (χ2n) is 7.32. The summed E-state index contributed by atoms with van der Waals surface area (Å²) in [7, 11) is -2.00. The van der Waals surface area contributed by atoms with Crippen LogP contribution in [0.25, 0.3) is 0 Å². The second kappa shape index (κ2) is 8.25. The summed E-state index contributed by atoms with van der Waals surface area (Å²) in [5.74, 6) is 0.155. The summed E-state index contributed by atoms with van der Waals surface area (Å²) in [5.41, 5.74) is 0.538. The molecular weight excluding hydrogens is 408 g/mol. The molecule has 1 aromatic carbocycles. The summed E-state index contributed by atoms with van der Waals surface area (Å²) >= 11 is 1.71. The summed E-state index contributed by atoms with van der Waals surface area (Å²) in [5, 5.41) is 5.09. The lowest BCUT2D eigenvalue weighted by molar-refractivity contribution is -0.121. The molecule has 1 N–H and O–H groups in total. The maximum Gasteiger partial charge on any atom is 0.285 e. The number of rotatable bonds is 6. The van der Waals surface area contributed by atoms with E-state index in [1.54, 1.807) is 41.5 Å². The van der Waals surface area contributed by atoms with E-state index in [0.29, 0.717) is 17.9 Å². The van der Waals surface area contributed by atoms with Gasteiger partial charge in [0.25, 0.3) is 10.0 Å². The number of amides is 1. The van der Waals surface area contributed by atoms with E-state index in [0.717, 1.165) is 13.1 Å². The van der Waals surface area contributed by atoms with Gasteiger partial charge in [0, 0.05) is 24.0 Å². The predicted molar refractivity (Wildman–Crippen MR) is 114 cm³/mol. The Labute approximate surface area is 175 Å². The molecule has 0 saturated carbocycles. The average molecular weight is 433 g/mol. The SMILES string of the molecule is CN(CC(=O)NCC(c1cccs1)N1CCCC1)C1=NS(=O)(=O)c2ccccc21. The molecule has 1 aromatic heterocycles. The Morgan fingerprint density at radius 3 is 2.72 bits per heavy atom. The zero-order chi connectivity index (χ0) is 20.4. The summed E-state index contributed by atoms with van der Waals surface area (Å²) in [6.07, 6.45) is 2.37. The Hall–Kier alpha value is -2.23. The highest BCUT2D eigenvalue weighted by Crippen LogP contribution is 2.28. The van der Waals surface area contributed by atoms with Crippen molar-refractivity contribution < 1.29 is 13.2 Å². The summed E-state index contributed by atoms with van der Waals surface area (Å²) in [6, 6.07) is 11.0. The largest absolute Gasteiger partial charge is 0.353 e. The quantitative estimate of drug-likeness (QED) is 0.756. The number of sulfonamides is 1. The number of thiophene rings is 1. The van der Waals surface area contributed by atoms with Crippen molar-refractivity contribution in [1.82, 2.24) is 15.1 Å². The van der Waals surface area contributed by atoms with Crippen molar-refractivity contribution in [3.63, 3.8) is 0 Å². The molecule has 4 rings (SSSR count). The van der Waals surface area contributed by atoms with Crippen LogP contribution < -0.4 is 5.32 Å². The van der Waals surface area contributed by atoms with Crippen LogP contribution in [0.1, 0.15) is 29.3 Å². The first-order chi connectivity index (χ1) is 14.0. The Morgan fingerprint density at radius 1 is 1.24 bits per heavy atom.